The molecule has 2 aromatic heterocycles. The molecule has 1 amide bonds. The highest BCUT2D eigenvalue weighted by Gasteiger charge is 2.25. The van der Waals surface area contributed by atoms with E-state index in [9.17, 15) is 17.6 Å². The number of pyridine rings is 2. The Hall–Kier alpha value is -4.36. The van der Waals surface area contributed by atoms with Gasteiger partial charge in [0, 0.05) is 17.8 Å². The number of amides is 1. The molecule has 2 heterocycles. The van der Waals surface area contributed by atoms with Crippen molar-refractivity contribution in [1.82, 2.24) is 9.97 Å². The van der Waals surface area contributed by atoms with Crippen molar-refractivity contribution in [1.29, 1.82) is 5.26 Å². The lowest BCUT2D eigenvalue weighted by Crippen LogP contribution is -2.32. The molecule has 0 spiro atoms. The number of nitriles is 1. The smallest absolute Gasteiger partial charge is 0.260 e. The molecule has 35 heavy (non-hydrogen) atoms. The Morgan fingerprint density at radius 1 is 1.14 bits per heavy atom. The summed E-state index contributed by atoms with van der Waals surface area (Å²) in [5, 5.41) is 9.85. The average molecular weight is 490 g/mol. The van der Waals surface area contributed by atoms with Crippen LogP contribution in [0, 0.1) is 24.1 Å². The zero-order valence-electron chi connectivity index (χ0n) is 18.9. The van der Waals surface area contributed by atoms with E-state index in [-0.39, 0.29) is 28.4 Å². The molecule has 10 heteroatoms. The normalized spacial score (nSPS) is 11.3. The molecule has 4 aromatic rings. The summed E-state index contributed by atoms with van der Waals surface area (Å²) in [6, 6.07) is 15.2. The number of halogens is 1. The molecule has 4 rings (SSSR count). The molecule has 0 radical (unpaired) electrons. The number of rotatable bonds is 5. The van der Waals surface area contributed by atoms with Gasteiger partial charge in [-0.15, -0.1) is 0 Å². The maximum absolute atomic E-state index is 14.0. The van der Waals surface area contributed by atoms with Gasteiger partial charge in [0.2, 0.25) is 0 Å². The Morgan fingerprint density at radius 3 is 2.57 bits per heavy atom. The van der Waals surface area contributed by atoms with Crippen molar-refractivity contribution >= 4 is 38.2 Å². The molecule has 0 bridgehead atoms. The largest absolute Gasteiger partial charge is 0.383 e. The highest BCUT2D eigenvalue weighted by Crippen LogP contribution is 2.30. The van der Waals surface area contributed by atoms with Crippen molar-refractivity contribution in [3.8, 4) is 6.07 Å². The first-order valence-electron chi connectivity index (χ1n) is 10.4. The van der Waals surface area contributed by atoms with E-state index in [2.05, 4.69) is 9.97 Å². The Balaban J connectivity index is 1.85. The first-order valence-corrected chi connectivity index (χ1v) is 12.3. The Morgan fingerprint density at radius 2 is 1.91 bits per heavy atom. The van der Waals surface area contributed by atoms with E-state index in [0.29, 0.717) is 16.9 Å². The van der Waals surface area contributed by atoms with Crippen LogP contribution in [0.15, 0.2) is 65.7 Å². The number of nitrogen functional groups attached to an aromatic ring is 1. The van der Waals surface area contributed by atoms with Gasteiger partial charge in [0.15, 0.2) is 9.84 Å². The number of carbonyl (C=O) groups excluding carboxylic acids is 1. The summed E-state index contributed by atoms with van der Waals surface area (Å²) in [7, 11) is -3.89. The number of fused-ring (bicyclic) bond motifs is 1. The quantitative estimate of drug-likeness (QED) is 0.451. The van der Waals surface area contributed by atoms with E-state index in [1.165, 1.54) is 29.3 Å². The van der Waals surface area contributed by atoms with Crippen LogP contribution in [0.2, 0.25) is 0 Å². The van der Waals surface area contributed by atoms with Gasteiger partial charge < -0.3 is 10.6 Å². The van der Waals surface area contributed by atoms with Crippen molar-refractivity contribution in [3.63, 3.8) is 0 Å². The highest BCUT2D eigenvalue weighted by molar-refractivity contribution is 7.90. The van der Waals surface area contributed by atoms with Gasteiger partial charge in [-0.1, -0.05) is 12.1 Å². The maximum atomic E-state index is 14.0. The molecular weight excluding hydrogens is 469 g/mol. The maximum Gasteiger partial charge on any atom is 0.260 e. The van der Waals surface area contributed by atoms with Crippen LogP contribution >= 0.6 is 0 Å². The minimum Gasteiger partial charge on any atom is -0.383 e. The monoisotopic (exact) mass is 489 g/mol. The van der Waals surface area contributed by atoms with E-state index in [0.717, 1.165) is 29.3 Å². The first-order chi connectivity index (χ1) is 16.6. The topological polar surface area (TPSA) is 130 Å². The summed E-state index contributed by atoms with van der Waals surface area (Å²) in [4.78, 5) is 22.8. The zero-order chi connectivity index (χ0) is 25.3. The summed E-state index contributed by atoms with van der Waals surface area (Å²) in [5.41, 5.74) is 8.31. The first kappa shape index (κ1) is 23.8. The van der Waals surface area contributed by atoms with Gasteiger partial charge in [0.25, 0.3) is 5.91 Å². The number of sulfone groups is 1. The number of nitrogens with two attached hydrogens (primary N) is 1. The Kier molecular flexibility index (Phi) is 6.20. The third kappa shape index (κ3) is 4.95. The summed E-state index contributed by atoms with van der Waals surface area (Å²) < 4.78 is 38.9. The van der Waals surface area contributed by atoms with Crippen LogP contribution in [-0.4, -0.2) is 30.5 Å². The molecule has 2 N–H and O–H groups in total. The molecule has 2 aromatic carbocycles. The van der Waals surface area contributed by atoms with Crippen molar-refractivity contribution in [2.24, 2.45) is 0 Å². The minimum atomic E-state index is -3.89. The lowest BCUT2D eigenvalue weighted by molar-refractivity contribution is 0.0984. The summed E-state index contributed by atoms with van der Waals surface area (Å²) in [6.07, 6.45) is 2.19. The van der Waals surface area contributed by atoms with Gasteiger partial charge in [0.05, 0.1) is 28.2 Å². The number of benzene rings is 2. The number of aromatic nitrogens is 2. The van der Waals surface area contributed by atoms with Gasteiger partial charge >= 0.3 is 0 Å². The zero-order valence-corrected chi connectivity index (χ0v) is 19.7. The van der Waals surface area contributed by atoms with Crippen molar-refractivity contribution in [2.45, 2.75) is 18.4 Å². The van der Waals surface area contributed by atoms with Gasteiger partial charge in [0.1, 0.15) is 23.4 Å². The second-order valence-corrected chi connectivity index (χ2v) is 10.0. The SMILES string of the molecule is Cc1cc2ccc(CN(C(=O)c3ccc(C#N)nc3)c3ccc(F)cc3S(C)(=O)=O)cc2nc1N. The number of carbonyl (C=O) groups is 1. The molecule has 0 unspecified atom stereocenters. The summed E-state index contributed by atoms with van der Waals surface area (Å²) in [5.74, 6) is -0.943. The Bertz CT molecular complexity index is 1610. The second-order valence-electron chi connectivity index (χ2n) is 8.04. The van der Waals surface area contributed by atoms with Crippen LogP contribution in [-0.2, 0) is 16.4 Å². The van der Waals surface area contributed by atoms with Crippen LogP contribution in [0.5, 0.6) is 0 Å². The third-order valence-corrected chi connectivity index (χ3v) is 6.56. The summed E-state index contributed by atoms with van der Waals surface area (Å²) in [6.45, 7) is 1.81. The molecule has 0 atom stereocenters. The van der Waals surface area contributed by atoms with Crippen LogP contribution in [0.3, 0.4) is 0 Å². The molecule has 0 aliphatic rings. The predicted octanol–water partition coefficient (Wildman–Crippen LogP) is 3.78. The summed E-state index contributed by atoms with van der Waals surface area (Å²) >= 11 is 0. The molecular formula is C25H20FN5O3S. The van der Waals surface area contributed by atoms with Crippen molar-refractivity contribution in [3.05, 3.63) is 89.0 Å². The number of aryl methyl sites for hydroxylation is 1. The third-order valence-electron chi connectivity index (χ3n) is 5.43. The van der Waals surface area contributed by atoms with Crippen LogP contribution in [0.1, 0.15) is 27.2 Å². The lowest BCUT2D eigenvalue weighted by atomic mass is 10.1. The van der Waals surface area contributed by atoms with Crippen LogP contribution in [0.4, 0.5) is 15.9 Å². The van der Waals surface area contributed by atoms with E-state index >= 15 is 0 Å². The standard InChI is InChI=1S/C25H20FN5O3S/c1-15-9-17-4-3-16(10-21(17)30-24(15)28)14-31(25(32)18-5-7-20(12-27)29-13-18)22-8-6-19(26)11-23(22)35(2,33)34/h3-11,13H,14H2,1-2H3,(H2,28,30). The highest BCUT2D eigenvalue weighted by atomic mass is 32.2. The van der Waals surface area contributed by atoms with E-state index in [1.54, 1.807) is 12.1 Å². The van der Waals surface area contributed by atoms with Crippen LogP contribution in [0.25, 0.3) is 10.9 Å². The van der Waals surface area contributed by atoms with E-state index in [4.69, 9.17) is 11.0 Å². The molecule has 0 aliphatic carbocycles. The van der Waals surface area contributed by atoms with E-state index < -0.39 is 21.6 Å². The lowest BCUT2D eigenvalue weighted by Gasteiger charge is -2.25. The molecule has 0 saturated carbocycles. The molecule has 8 nitrogen and oxygen atoms in total. The molecule has 176 valence electrons. The number of hydrogen-bond donors (Lipinski definition) is 1. The minimum absolute atomic E-state index is 0.0136. The molecule has 0 fully saturated rings. The van der Waals surface area contributed by atoms with Crippen LogP contribution < -0.4 is 10.6 Å². The van der Waals surface area contributed by atoms with Crippen molar-refractivity contribution < 1.29 is 17.6 Å². The van der Waals surface area contributed by atoms with Gasteiger partial charge in [-0.2, -0.15) is 5.26 Å². The van der Waals surface area contributed by atoms with Gasteiger partial charge in [-0.3, -0.25) is 4.79 Å². The second kappa shape index (κ2) is 9.12. The van der Waals surface area contributed by atoms with E-state index in [1.807, 2.05) is 25.1 Å². The number of nitrogens with zero attached hydrogens (tertiary/aromatic N) is 4. The fourth-order valence-corrected chi connectivity index (χ4v) is 4.52. The van der Waals surface area contributed by atoms with Gasteiger partial charge in [-0.05, 0) is 60.5 Å². The molecule has 0 aliphatic heterocycles. The van der Waals surface area contributed by atoms with Crippen molar-refractivity contribution in [2.75, 3.05) is 16.9 Å². The number of anilines is 2. The average Bonchev–Trinajstić information content (AvgIpc) is 2.82. The fourth-order valence-electron chi connectivity index (χ4n) is 3.63. The predicted molar refractivity (Wildman–Crippen MR) is 130 cm³/mol. The fraction of sp³-hybridized carbons (Fsp3) is 0.120. The number of hydrogen-bond acceptors (Lipinski definition) is 7. The molecule has 0 saturated heterocycles. The van der Waals surface area contributed by atoms with Gasteiger partial charge in [-0.25, -0.2) is 22.8 Å². The Labute approximate surface area is 201 Å².